The third kappa shape index (κ3) is 1.18. The Morgan fingerprint density at radius 2 is 2.27 bits per heavy atom. The average molecular weight is 163 g/mol. The Labute approximate surface area is 71.6 Å². The van der Waals surface area contributed by atoms with E-state index in [0.29, 0.717) is 0 Å². The highest BCUT2D eigenvalue weighted by Gasteiger charge is 2.10. The molecule has 1 nitrogen and oxygen atoms in total. The molecule has 56 valence electrons. The molecule has 0 N–H and O–H groups in total. The van der Waals surface area contributed by atoms with Crippen LogP contribution >= 0.6 is 12.6 Å². The molecule has 0 atom stereocenters. The van der Waals surface area contributed by atoms with Crippen molar-refractivity contribution in [2.45, 2.75) is 13.3 Å². The summed E-state index contributed by atoms with van der Waals surface area (Å²) >= 11 is 4.22. The molecule has 0 radical (unpaired) electrons. The Morgan fingerprint density at radius 1 is 1.45 bits per heavy atom. The minimum Gasteiger partial charge on any atom is -0.246 e. The third-order valence-electron chi connectivity index (χ3n) is 1.84. The molecule has 0 aromatic heterocycles. The van der Waals surface area contributed by atoms with Gasteiger partial charge in [-0.3, -0.25) is 0 Å². The van der Waals surface area contributed by atoms with Gasteiger partial charge < -0.3 is 0 Å². The molecule has 0 bridgehead atoms. The molecule has 0 unspecified atom stereocenters. The molecule has 1 aliphatic heterocycles. The van der Waals surface area contributed by atoms with Crippen molar-refractivity contribution in [2.75, 3.05) is 0 Å². The molecule has 1 aliphatic rings. The van der Waals surface area contributed by atoms with Gasteiger partial charge in [-0.1, -0.05) is 12.1 Å². The lowest BCUT2D eigenvalue weighted by Gasteiger charge is -1.96. The van der Waals surface area contributed by atoms with Crippen LogP contribution in [0.4, 0.5) is 5.69 Å². The Hall–Kier alpha value is -0.760. The van der Waals surface area contributed by atoms with Gasteiger partial charge in [0.25, 0.3) is 0 Å². The molecular weight excluding hydrogens is 154 g/mol. The van der Waals surface area contributed by atoms with E-state index in [4.69, 9.17) is 0 Å². The van der Waals surface area contributed by atoms with Crippen LogP contribution in [0.5, 0.6) is 0 Å². The van der Waals surface area contributed by atoms with Crippen LogP contribution in [0, 0.1) is 6.92 Å². The molecule has 1 heterocycles. The van der Waals surface area contributed by atoms with E-state index in [1.165, 1.54) is 11.1 Å². The van der Waals surface area contributed by atoms with E-state index in [1.807, 2.05) is 0 Å². The molecule has 0 saturated carbocycles. The smallest absolute Gasteiger partial charge is 0.0753 e. The topological polar surface area (TPSA) is 12.4 Å². The SMILES string of the molecule is Cc1ccc2c(c1)N=C(S)C2. The quantitative estimate of drug-likeness (QED) is 0.564. The van der Waals surface area contributed by atoms with Crippen molar-refractivity contribution in [3.8, 4) is 0 Å². The highest BCUT2D eigenvalue weighted by Crippen LogP contribution is 2.28. The van der Waals surface area contributed by atoms with Crippen LogP contribution in [-0.4, -0.2) is 5.04 Å². The van der Waals surface area contributed by atoms with Gasteiger partial charge in [-0.15, -0.1) is 12.6 Å². The van der Waals surface area contributed by atoms with Gasteiger partial charge >= 0.3 is 0 Å². The zero-order valence-corrected chi connectivity index (χ0v) is 7.23. The largest absolute Gasteiger partial charge is 0.246 e. The van der Waals surface area contributed by atoms with Gasteiger partial charge in [0, 0.05) is 6.42 Å². The molecular formula is C9H9NS. The minimum atomic E-state index is 0.902. The standard InChI is InChI=1S/C9H9NS/c1-6-2-3-7-5-9(11)10-8(7)4-6/h2-4H,5H2,1H3,(H,10,11). The fourth-order valence-electron chi connectivity index (χ4n) is 1.28. The first kappa shape index (κ1) is 6.92. The number of benzene rings is 1. The molecule has 0 fully saturated rings. The lowest BCUT2D eigenvalue weighted by Crippen LogP contribution is -1.84. The van der Waals surface area contributed by atoms with Crippen molar-refractivity contribution in [3.63, 3.8) is 0 Å². The van der Waals surface area contributed by atoms with Gasteiger partial charge in [-0.25, -0.2) is 4.99 Å². The van der Waals surface area contributed by atoms with Crippen molar-refractivity contribution in [3.05, 3.63) is 29.3 Å². The molecule has 0 spiro atoms. The van der Waals surface area contributed by atoms with Gasteiger partial charge in [-0.05, 0) is 24.1 Å². The first-order chi connectivity index (χ1) is 5.25. The van der Waals surface area contributed by atoms with Crippen LogP contribution in [0.25, 0.3) is 0 Å². The molecule has 1 aromatic carbocycles. The van der Waals surface area contributed by atoms with Crippen molar-refractivity contribution >= 4 is 23.4 Å². The number of hydrogen-bond acceptors (Lipinski definition) is 1. The summed E-state index contributed by atoms with van der Waals surface area (Å²) < 4.78 is 0. The van der Waals surface area contributed by atoms with Gasteiger partial charge in [0.1, 0.15) is 0 Å². The molecule has 2 heteroatoms. The number of fused-ring (bicyclic) bond motifs is 1. The number of aryl methyl sites for hydroxylation is 1. The first-order valence-corrected chi connectivity index (χ1v) is 4.06. The van der Waals surface area contributed by atoms with Gasteiger partial charge in [0.2, 0.25) is 0 Å². The van der Waals surface area contributed by atoms with Crippen molar-refractivity contribution < 1.29 is 0 Å². The lowest BCUT2D eigenvalue weighted by molar-refractivity contribution is 1.36. The maximum absolute atomic E-state index is 4.29. The van der Waals surface area contributed by atoms with E-state index < -0.39 is 0 Å². The van der Waals surface area contributed by atoms with E-state index in [-0.39, 0.29) is 0 Å². The Balaban J connectivity index is 2.54. The number of nitrogens with zero attached hydrogens (tertiary/aromatic N) is 1. The van der Waals surface area contributed by atoms with Crippen molar-refractivity contribution in [2.24, 2.45) is 4.99 Å². The lowest BCUT2D eigenvalue weighted by atomic mass is 10.1. The zero-order valence-electron chi connectivity index (χ0n) is 6.33. The highest BCUT2D eigenvalue weighted by atomic mass is 32.1. The number of thiol groups is 1. The third-order valence-corrected chi connectivity index (χ3v) is 2.10. The van der Waals surface area contributed by atoms with E-state index in [2.05, 4.69) is 42.7 Å². The molecule has 11 heavy (non-hydrogen) atoms. The summed E-state index contributed by atoms with van der Waals surface area (Å²) in [5.41, 5.74) is 3.64. The Bertz CT molecular complexity index is 328. The normalized spacial score (nSPS) is 14.5. The maximum Gasteiger partial charge on any atom is 0.0753 e. The van der Waals surface area contributed by atoms with Gasteiger partial charge in [-0.2, -0.15) is 0 Å². The molecule has 0 aliphatic carbocycles. The van der Waals surface area contributed by atoms with E-state index in [1.54, 1.807) is 0 Å². The van der Waals surface area contributed by atoms with Crippen molar-refractivity contribution in [1.29, 1.82) is 0 Å². The van der Waals surface area contributed by atoms with Gasteiger partial charge in [0.15, 0.2) is 0 Å². The predicted molar refractivity (Wildman–Crippen MR) is 51.0 cm³/mol. The second-order valence-corrected chi connectivity index (χ2v) is 3.35. The summed E-state index contributed by atoms with van der Waals surface area (Å²) in [5.74, 6) is 0. The first-order valence-electron chi connectivity index (χ1n) is 3.62. The summed E-state index contributed by atoms with van der Waals surface area (Å²) in [7, 11) is 0. The van der Waals surface area contributed by atoms with Crippen LogP contribution in [0.2, 0.25) is 0 Å². The molecule has 0 saturated heterocycles. The van der Waals surface area contributed by atoms with Crippen LogP contribution < -0.4 is 0 Å². The zero-order chi connectivity index (χ0) is 7.84. The summed E-state index contributed by atoms with van der Waals surface area (Å²) in [5, 5.41) is 0.922. The molecule has 2 rings (SSSR count). The van der Waals surface area contributed by atoms with E-state index in [0.717, 1.165) is 17.2 Å². The Morgan fingerprint density at radius 3 is 3.09 bits per heavy atom. The van der Waals surface area contributed by atoms with Crippen LogP contribution in [0.1, 0.15) is 11.1 Å². The fraction of sp³-hybridized carbons (Fsp3) is 0.222. The fourth-order valence-corrected chi connectivity index (χ4v) is 1.55. The maximum atomic E-state index is 4.29. The number of hydrogen-bond donors (Lipinski definition) is 1. The summed E-state index contributed by atoms with van der Waals surface area (Å²) in [4.78, 5) is 4.29. The van der Waals surface area contributed by atoms with E-state index in [9.17, 15) is 0 Å². The average Bonchev–Trinajstić information content (AvgIpc) is 2.27. The number of rotatable bonds is 0. The van der Waals surface area contributed by atoms with Crippen LogP contribution in [0.15, 0.2) is 23.2 Å². The summed E-state index contributed by atoms with van der Waals surface area (Å²) in [6.07, 6.45) is 0.902. The predicted octanol–water partition coefficient (Wildman–Crippen LogP) is 2.51. The molecule has 0 amide bonds. The molecule has 1 aromatic rings. The van der Waals surface area contributed by atoms with Crippen LogP contribution in [-0.2, 0) is 6.42 Å². The van der Waals surface area contributed by atoms with Gasteiger partial charge in [0.05, 0.1) is 10.7 Å². The van der Waals surface area contributed by atoms with Crippen LogP contribution in [0.3, 0.4) is 0 Å². The second kappa shape index (κ2) is 2.38. The van der Waals surface area contributed by atoms with Crippen molar-refractivity contribution in [1.82, 2.24) is 0 Å². The minimum absolute atomic E-state index is 0.902. The summed E-state index contributed by atoms with van der Waals surface area (Å²) in [6.45, 7) is 2.08. The number of aliphatic imine (C=N–C) groups is 1. The van der Waals surface area contributed by atoms with E-state index >= 15 is 0 Å². The highest BCUT2D eigenvalue weighted by molar-refractivity contribution is 7.97. The summed E-state index contributed by atoms with van der Waals surface area (Å²) in [6, 6.07) is 6.33. The monoisotopic (exact) mass is 163 g/mol. The Kier molecular flexibility index (Phi) is 1.50. The second-order valence-electron chi connectivity index (χ2n) is 2.84.